The normalized spacial score (nSPS) is 11.0. The Hall–Kier alpha value is -2.73. The van der Waals surface area contributed by atoms with Gasteiger partial charge < -0.3 is 5.32 Å². The van der Waals surface area contributed by atoms with Crippen molar-refractivity contribution in [2.75, 3.05) is 5.32 Å². The molecule has 0 aliphatic rings. The molecule has 0 aliphatic heterocycles. The number of hydrogen-bond acceptors (Lipinski definition) is 5. The maximum absolute atomic E-state index is 11.8. The molecule has 0 amide bonds. The van der Waals surface area contributed by atoms with Gasteiger partial charge >= 0.3 is 5.69 Å². The number of nitrogens with zero attached hydrogens (tertiary/aromatic N) is 3. The molecule has 1 aromatic heterocycles. The summed E-state index contributed by atoms with van der Waals surface area (Å²) in [6.07, 6.45) is 1.63. The zero-order valence-corrected chi connectivity index (χ0v) is 12.7. The van der Waals surface area contributed by atoms with Gasteiger partial charge in [0.1, 0.15) is 0 Å². The Morgan fingerprint density at radius 1 is 1.14 bits per heavy atom. The molecule has 0 spiro atoms. The molecule has 1 N–H and O–H groups in total. The predicted molar refractivity (Wildman–Crippen MR) is 90.3 cm³/mol. The van der Waals surface area contributed by atoms with Crippen LogP contribution in [0.5, 0.6) is 0 Å². The molecule has 0 saturated heterocycles. The summed E-state index contributed by atoms with van der Waals surface area (Å²) in [5.74, 6) is 0. The summed E-state index contributed by atoms with van der Waals surface area (Å²) >= 11 is 1.16. The summed E-state index contributed by atoms with van der Waals surface area (Å²) in [7, 11) is 0. The first-order valence-corrected chi connectivity index (χ1v) is 7.51. The van der Waals surface area contributed by atoms with Crippen LogP contribution in [0.1, 0.15) is 11.1 Å². The molecule has 110 valence electrons. The number of benzene rings is 2. The second-order valence-electron chi connectivity index (χ2n) is 4.71. The fourth-order valence-electron chi connectivity index (χ4n) is 1.81. The number of aromatic nitrogens is 2. The van der Waals surface area contributed by atoms with E-state index >= 15 is 0 Å². The molecule has 0 fully saturated rings. The smallest absolute Gasteiger partial charge is 0.330 e. The van der Waals surface area contributed by atoms with Gasteiger partial charge in [0.15, 0.2) is 0 Å². The van der Waals surface area contributed by atoms with Crippen LogP contribution in [-0.4, -0.2) is 15.3 Å². The topological polar surface area (TPSA) is 59.3 Å². The second kappa shape index (κ2) is 6.36. The SMILES string of the molecule is Cc1ccc(Nc2nc(=O)n(/N=C/c3ccccc3)s2)cc1. The van der Waals surface area contributed by atoms with Crippen molar-refractivity contribution < 1.29 is 0 Å². The van der Waals surface area contributed by atoms with E-state index in [9.17, 15) is 4.79 Å². The standard InChI is InChI=1S/C16H14N4OS/c1-12-7-9-14(10-8-12)18-15-19-16(21)20(22-15)17-11-13-5-3-2-4-6-13/h2-11H,1H3,(H,18,19,21)/b17-11+. The highest BCUT2D eigenvalue weighted by atomic mass is 32.1. The van der Waals surface area contributed by atoms with E-state index in [1.807, 2.05) is 61.5 Å². The van der Waals surface area contributed by atoms with Crippen molar-refractivity contribution in [2.45, 2.75) is 6.92 Å². The monoisotopic (exact) mass is 310 g/mol. The third-order valence-corrected chi connectivity index (χ3v) is 3.74. The maximum Gasteiger partial charge on any atom is 0.380 e. The van der Waals surface area contributed by atoms with Crippen molar-refractivity contribution in [3.8, 4) is 0 Å². The summed E-state index contributed by atoms with van der Waals surface area (Å²) in [5, 5.41) is 7.76. The molecule has 0 bridgehead atoms. The summed E-state index contributed by atoms with van der Waals surface area (Å²) in [6, 6.07) is 17.5. The first-order valence-electron chi connectivity index (χ1n) is 6.74. The molecular weight excluding hydrogens is 296 g/mol. The zero-order valence-electron chi connectivity index (χ0n) is 11.9. The van der Waals surface area contributed by atoms with Gasteiger partial charge in [-0.25, -0.2) is 4.79 Å². The lowest BCUT2D eigenvalue weighted by atomic mass is 10.2. The first kappa shape index (κ1) is 14.2. The van der Waals surface area contributed by atoms with Crippen molar-refractivity contribution in [1.82, 2.24) is 9.05 Å². The Balaban J connectivity index is 1.77. The lowest BCUT2D eigenvalue weighted by Gasteiger charge is -2.01. The van der Waals surface area contributed by atoms with Crippen LogP contribution in [0.4, 0.5) is 10.8 Å². The lowest BCUT2D eigenvalue weighted by molar-refractivity contribution is 0.904. The zero-order chi connectivity index (χ0) is 15.4. The predicted octanol–water partition coefficient (Wildman–Crippen LogP) is 3.24. The summed E-state index contributed by atoms with van der Waals surface area (Å²) in [4.78, 5) is 15.8. The van der Waals surface area contributed by atoms with Gasteiger partial charge in [0.05, 0.1) is 6.21 Å². The quantitative estimate of drug-likeness (QED) is 0.753. The van der Waals surface area contributed by atoms with Gasteiger partial charge in [-0.05, 0) is 24.6 Å². The van der Waals surface area contributed by atoms with Crippen LogP contribution in [0.15, 0.2) is 64.5 Å². The van der Waals surface area contributed by atoms with Gasteiger partial charge in [0.2, 0.25) is 5.13 Å². The minimum absolute atomic E-state index is 0.396. The van der Waals surface area contributed by atoms with Crippen molar-refractivity contribution in [3.63, 3.8) is 0 Å². The summed E-state index contributed by atoms with van der Waals surface area (Å²) < 4.78 is 1.25. The van der Waals surface area contributed by atoms with E-state index in [1.54, 1.807) is 6.21 Å². The van der Waals surface area contributed by atoms with E-state index in [0.29, 0.717) is 5.13 Å². The molecule has 1 heterocycles. The molecule has 5 nitrogen and oxygen atoms in total. The van der Waals surface area contributed by atoms with Crippen molar-refractivity contribution in [2.24, 2.45) is 5.10 Å². The van der Waals surface area contributed by atoms with E-state index in [1.165, 1.54) is 9.63 Å². The van der Waals surface area contributed by atoms with Gasteiger partial charge in [-0.2, -0.15) is 10.1 Å². The Kier molecular flexibility index (Phi) is 4.11. The molecule has 22 heavy (non-hydrogen) atoms. The molecule has 6 heteroatoms. The average molecular weight is 310 g/mol. The molecular formula is C16H14N4OS. The Morgan fingerprint density at radius 3 is 2.59 bits per heavy atom. The average Bonchev–Trinajstić information content (AvgIpc) is 2.88. The van der Waals surface area contributed by atoms with Crippen LogP contribution in [0.3, 0.4) is 0 Å². The highest BCUT2D eigenvalue weighted by Gasteiger charge is 2.05. The number of nitrogens with one attached hydrogen (secondary N) is 1. The second-order valence-corrected chi connectivity index (χ2v) is 5.63. The minimum atomic E-state index is -0.396. The maximum atomic E-state index is 11.8. The number of rotatable bonds is 4. The molecule has 0 saturated carbocycles. The number of hydrogen-bond donors (Lipinski definition) is 1. The van der Waals surface area contributed by atoms with Crippen LogP contribution in [0.2, 0.25) is 0 Å². The molecule has 0 radical (unpaired) electrons. The van der Waals surface area contributed by atoms with Crippen LogP contribution in [0, 0.1) is 6.92 Å². The van der Waals surface area contributed by atoms with Crippen LogP contribution >= 0.6 is 11.5 Å². The molecule has 0 aliphatic carbocycles. The summed E-state index contributed by atoms with van der Waals surface area (Å²) in [5.41, 5.74) is 2.60. The van der Waals surface area contributed by atoms with Gasteiger partial charge in [-0.3, -0.25) is 0 Å². The van der Waals surface area contributed by atoms with Crippen molar-refractivity contribution in [3.05, 3.63) is 76.2 Å². The molecule has 3 aromatic rings. The third-order valence-electron chi connectivity index (χ3n) is 2.95. The minimum Gasteiger partial charge on any atom is -0.330 e. The number of anilines is 2. The summed E-state index contributed by atoms with van der Waals surface area (Å²) in [6.45, 7) is 2.02. The fourth-order valence-corrected chi connectivity index (χ4v) is 2.47. The third kappa shape index (κ3) is 3.48. The van der Waals surface area contributed by atoms with Gasteiger partial charge in [0.25, 0.3) is 0 Å². The highest BCUT2D eigenvalue weighted by molar-refractivity contribution is 7.10. The largest absolute Gasteiger partial charge is 0.380 e. The van der Waals surface area contributed by atoms with Crippen LogP contribution < -0.4 is 11.0 Å². The van der Waals surface area contributed by atoms with Crippen molar-refractivity contribution >= 4 is 28.6 Å². The first-order chi connectivity index (χ1) is 10.7. The van der Waals surface area contributed by atoms with Gasteiger partial charge in [-0.1, -0.05) is 48.0 Å². The van der Waals surface area contributed by atoms with Gasteiger partial charge in [0, 0.05) is 17.2 Å². The molecule has 0 atom stereocenters. The molecule has 0 unspecified atom stereocenters. The van der Waals surface area contributed by atoms with E-state index in [4.69, 9.17) is 0 Å². The molecule has 3 rings (SSSR count). The van der Waals surface area contributed by atoms with Crippen molar-refractivity contribution in [1.29, 1.82) is 0 Å². The van der Waals surface area contributed by atoms with Gasteiger partial charge in [-0.15, -0.1) is 4.07 Å². The van der Waals surface area contributed by atoms with E-state index in [-0.39, 0.29) is 0 Å². The van der Waals surface area contributed by atoms with Crippen LogP contribution in [0.25, 0.3) is 0 Å². The number of aryl methyl sites for hydroxylation is 1. The Labute approximate surface area is 131 Å². The Bertz CT molecular complexity index is 835. The highest BCUT2D eigenvalue weighted by Crippen LogP contribution is 2.17. The van der Waals surface area contributed by atoms with E-state index in [0.717, 1.165) is 22.8 Å². The molecule has 2 aromatic carbocycles. The lowest BCUT2D eigenvalue weighted by Crippen LogP contribution is -2.11. The van der Waals surface area contributed by atoms with E-state index < -0.39 is 5.69 Å². The fraction of sp³-hybridized carbons (Fsp3) is 0.0625. The Morgan fingerprint density at radius 2 is 1.86 bits per heavy atom. The van der Waals surface area contributed by atoms with E-state index in [2.05, 4.69) is 15.4 Å². The van der Waals surface area contributed by atoms with Crippen LogP contribution in [-0.2, 0) is 0 Å².